The molecule has 1 fully saturated rings. The minimum absolute atomic E-state index is 0.0108. The second-order valence-corrected chi connectivity index (χ2v) is 5.11. The van der Waals surface area contributed by atoms with E-state index in [1.54, 1.807) is 20.8 Å². The Morgan fingerprint density at radius 3 is 2.56 bits per heavy atom. The van der Waals surface area contributed by atoms with E-state index in [1.807, 2.05) is 0 Å². The molecule has 0 radical (unpaired) electrons. The number of ether oxygens (including phenoxy) is 1. The maximum absolute atomic E-state index is 11.8. The first-order valence-corrected chi connectivity index (χ1v) is 5.47. The summed E-state index contributed by atoms with van der Waals surface area (Å²) >= 11 is 0. The zero-order valence-electron chi connectivity index (χ0n) is 9.95. The molecule has 0 aromatic heterocycles. The van der Waals surface area contributed by atoms with Crippen molar-refractivity contribution in [2.75, 3.05) is 6.54 Å². The molecule has 5 heteroatoms. The predicted molar refractivity (Wildman–Crippen MR) is 58.0 cm³/mol. The van der Waals surface area contributed by atoms with Crippen LogP contribution in [0.15, 0.2) is 0 Å². The Morgan fingerprint density at radius 2 is 2.06 bits per heavy atom. The van der Waals surface area contributed by atoms with Gasteiger partial charge in [-0.2, -0.15) is 0 Å². The van der Waals surface area contributed by atoms with Crippen LogP contribution in [0.3, 0.4) is 0 Å². The number of carboxylic acids is 1. The van der Waals surface area contributed by atoms with Crippen molar-refractivity contribution in [2.24, 2.45) is 5.92 Å². The van der Waals surface area contributed by atoms with Crippen LogP contribution in [0.2, 0.25) is 0 Å². The third kappa shape index (κ3) is 3.81. The molecule has 1 saturated heterocycles. The maximum atomic E-state index is 11.8. The Hall–Kier alpha value is -1.10. The fourth-order valence-electron chi connectivity index (χ4n) is 1.84. The van der Waals surface area contributed by atoms with Crippen molar-refractivity contribution in [1.29, 1.82) is 0 Å². The lowest BCUT2D eigenvalue weighted by atomic mass is 9.97. The van der Waals surface area contributed by atoms with Crippen LogP contribution < -0.4 is 5.32 Å². The second kappa shape index (κ2) is 4.82. The van der Waals surface area contributed by atoms with E-state index in [4.69, 9.17) is 9.84 Å². The molecule has 2 N–H and O–H groups in total. The van der Waals surface area contributed by atoms with E-state index in [0.29, 0.717) is 13.0 Å². The van der Waals surface area contributed by atoms with E-state index < -0.39 is 17.6 Å². The number of nitrogens with one attached hydrogen (secondary N) is 1. The van der Waals surface area contributed by atoms with Gasteiger partial charge < -0.3 is 15.2 Å². The number of hydrogen-bond acceptors (Lipinski definition) is 4. The van der Waals surface area contributed by atoms with Crippen molar-refractivity contribution in [3.63, 3.8) is 0 Å². The summed E-state index contributed by atoms with van der Waals surface area (Å²) in [7, 11) is 0. The van der Waals surface area contributed by atoms with Gasteiger partial charge in [0.25, 0.3) is 0 Å². The van der Waals surface area contributed by atoms with E-state index in [2.05, 4.69) is 5.32 Å². The number of carbonyl (C=O) groups excluding carboxylic acids is 1. The maximum Gasteiger partial charge on any atom is 0.323 e. The Kier molecular flexibility index (Phi) is 3.91. The summed E-state index contributed by atoms with van der Waals surface area (Å²) in [6, 6.07) is -0.477. The molecular formula is C11H19NO4. The third-order valence-corrected chi connectivity index (χ3v) is 2.45. The zero-order chi connectivity index (χ0) is 12.3. The normalized spacial score (nSPS) is 25.4. The van der Waals surface area contributed by atoms with Crippen molar-refractivity contribution in [3.8, 4) is 0 Å². The van der Waals surface area contributed by atoms with Crippen LogP contribution in [0.4, 0.5) is 0 Å². The highest BCUT2D eigenvalue weighted by molar-refractivity contribution is 5.78. The highest BCUT2D eigenvalue weighted by Gasteiger charge is 2.36. The monoisotopic (exact) mass is 229 g/mol. The number of rotatable bonds is 3. The number of aliphatic carboxylic acids is 1. The molecule has 0 bridgehead atoms. The zero-order valence-corrected chi connectivity index (χ0v) is 9.95. The Labute approximate surface area is 95.2 Å². The van der Waals surface area contributed by atoms with Gasteiger partial charge in [-0.05, 0) is 39.7 Å². The average Bonchev–Trinajstić information content (AvgIpc) is 2.47. The highest BCUT2D eigenvalue weighted by Crippen LogP contribution is 2.22. The molecule has 0 aliphatic carbocycles. The smallest absolute Gasteiger partial charge is 0.323 e. The molecule has 1 heterocycles. The summed E-state index contributed by atoms with van der Waals surface area (Å²) in [5, 5.41) is 11.7. The number of carbonyl (C=O) groups is 2. The molecule has 1 rings (SSSR count). The number of esters is 1. The molecule has 5 nitrogen and oxygen atoms in total. The minimum atomic E-state index is -0.873. The molecule has 0 aromatic carbocycles. The van der Waals surface area contributed by atoms with Crippen LogP contribution >= 0.6 is 0 Å². The molecule has 16 heavy (non-hydrogen) atoms. The molecule has 1 aliphatic heterocycles. The van der Waals surface area contributed by atoms with E-state index >= 15 is 0 Å². The SMILES string of the molecule is CC(C)(C)OC(=O)[C@@H]1NCCC1CC(=O)O. The van der Waals surface area contributed by atoms with Gasteiger partial charge >= 0.3 is 11.9 Å². The summed E-state index contributed by atoms with van der Waals surface area (Å²) in [6.07, 6.45) is 0.715. The molecule has 0 aromatic rings. The van der Waals surface area contributed by atoms with E-state index in [1.165, 1.54) is 0 Å². The standard InChI is InChI=1S/C11H19NO4/c1-11(2,3)16-10(15)9-7(4-5-12-9)6-8(13)14/h7,9,12H,4-6H2,1-3H3,(H,13,14)/t7?,9-/m1/s1. The topological polar surface area (TPSA) is 75.6 Å². The Bertz CT molecular complexity index is 282. The predicted octanol–water partition coefficient (Wildman–Crippen LogP) is 0.781. The largest absolute Gasteiger partial charge is 0.481 e. The third-order valence-electron chi connectivity index (χ3n) is 2.45. The fourth-order valence-corrected chi connectivity index (χ4v) is 1.84. The van der Waals surface area contributed by atoms with Crippen LogP contribution in [-0.4, -0.2) is 35.2 Å². The minimum Gasteiger partial charge on any atom is -0.481 e. The molecule has 1 unspecified atom stereocenters. The van der Waals surface area contributed by atoms with Gasteiger partial charge in [0.1, 0.15) is 11.6 Å². The lowest BCUT2D eigenvalue weighted by Crippen LogP contribution is -2.41. The summed E-state index contributed by atoms with van der Waals surface area (Å²) in [5.41, 5.74) is -0.533. The molecule has 92 valence electrons. The number of hydrogen-bond donors (Lipinski definition) is 2. The van der Waals surface area contributed by atoms with Gasteiger partial charge in [-0.15, -0.1) is 0 Å². The van der Waals surface area contributed by atoms with Gasteiger partial charge in [0.15, 0.2) is 0 Å². The fraction of sp³-hybridized carbons (Fsp3) is 0.818. The van der Waals surface area contributed by atoms with Crippen LogP contribution in [-0.2, 0) is 14.3 Å². The van der Waals surface area contributed by atoms with E-state index in [-0.39, 0.29) is 18.3 Å². The average molecular weight is 229 g/mol. The van der Waals surface area contributed by atoms with Gasteiger partial charge in [-0.25, -0.2) is 0 Å². The van der Waals surface area contributed by atoms with Gasteiger partial charge in [0.05, 0.1) is 6.42 Å². The summed E-state index contributed by atoms with van der Waals surface area (Å²) < 4.78 is 5.24. The van der Waals surface area contributed by atoms with Crippen molar-refractivity contribution < 1.29 is 19.4 Å². The van der Waals surface area contributed by atoms with Crippen LogP contribution in [0.1, 0.15) is 33.6 Å². The first-order chi connectivity index (χ1) is 7.29. The second-order valence-electron chi connectivity index (χ2n) is 5.11. The van der Waals surface area contributed by atoms with Crippen molar-refractivity contribution in [2.45, 2.75) is 45.3 Å². The van der Waals surface area contributed by atoms with Crippen LogP contribution in [0.5, 0.6) is 0 Å². The van der Waals surface area contributed by atoms with Crippen molar-refractivity contribution in [3.05, 3.63) is 0 Å². The van der Waals surface area contributed by atoms with E-state index in [0.717, 1.165) is 0 Å². The van der Waals surface area contributed by atoms with Crippen LogP contribution in [0.25, 0.3) is 0 Å². The van der Waals surface area contributed by atoms with Gasteiger partial charge in [0, 0.05) is 0 Å². The van der Waals surface area contributed by atoms with E-state index in [9.17, 15) is 9.59 Å². The van der Waals surface area contributed by atoms with Gasteiger partial charge in [-0.1, -0.05) is 0 Å². The molecule has 0 spiro atoms. The Balaban J connectivity index is 2.57. The first kappa shape index (κ1) is 13.0. The highest BCUT2D eigenvalue weighted by atomic mass is 16.6. The van der Waals surface area contributed by atoms with Crippen molar-refractivity contribution >= 4 is 11.9 Å². The number of carboxylic acid groups (broad SMARTS) is 1. The van der Waals surface area contributed by atoms with Gasteiger partial charge in [-0.3, -0.25) is 9.59 Å². The van der Waals surface area contributed by atoms with Crippen molar-refractivity contribution in [1.82, 2.24) is 5.32 Å². The summed E-state index contributed by atoms with van der Waals surface area (Å²) in [5.74, 6) is -1.38. The molecule has 1 aliphatic rings. The molecular weight excluding hydrogens is 210 g/mol. The quantitative estimate of drug-likeness (QED) is 0.699. The molecule has 0 amide bonds. The van der Waals surface area contributed by atoms with Gasteiger partial charge in [0.2, 0.25) is 0 Å². The Morgan fingerprint density at radius 1 is 1.44 bits per heavy atom. The molecule has 2 atom stereocenters. The summed E-state index contributed by atoms with van der Waals surface area (Å²) in [6.45, 7) is 6.06. The lowest BCUT2D eigenvalue weighted by Gasteiger charge is -2.24. The molecule has 0 saturated carbocycles. The summed E-state index contributed by atoms with van der Waals surface area (Å²) in [4.78, 5) is 22.4. The first-order valence-electron chi connectivity index (χ1n) is 5.47. The lowest BCUT2D eigenvalue weighted by molar-refractivity contribution is -0.158. The van der Waals surface area contributed by atoms with Crippen LogP contribution in [0, 0.1) is 5.92 Å².